The highest BCUT2D eigenvalue weighted by atomic mass is 35.5. The van der Waals surface area contributed by atoms with Gasteiger partial charge in [-0.3, -0.25) is 4.79 Å². The van der Waals surface area contributed by atoms with Crippen molar-refractivity contribution in [1.82, 2.24) is 9.97 Å². The summed E-state index contributed by atoms with van der Waals surface area (Å²) in [6.07, 6.45) is 4.00. The van der Waals surface area contributed by atoms with E-state index in [-0.39, 0.29) is 5.69 Å². The van der Waals surface area contributed by atoms with Crippen molar-refractivity contribution in [3.05, 3.63) is 46.3 Å². The molecule has 0 saturated carbocycles. The summed E-state index contributed by atoms with van der Waals surface area (Å²) in [5, 5.41) is 6.72. The van der Waals surface area contributed by atoms with Crippen LogP contribution in [0, 0.1) is 5.92 Å². The fourth-order valence-corrected chi connectivity index (χ4v) is 2.14. The fraction of sp³-hybridized carbons (Fsp3) is 0.312. The molecule has 0 unspecified atom stereocenters. The minimum absolute atomic E-state index is 0.204. The van der Waals surface area contributed by atoms with Gasteiger partial charge in [0.05, 0.1) is 23.1 Å². The van der Waals surface area contributed by atoms with Crippen molar-refractivity contribution in [1.29, 1.82) is 0 Å². The van der Waals surface area contributed by atoms with Crippen molar-refractivity contribution in [2.45, 2.75) is 20.3 Å². The molecule has 7 heteroatoms. The van der Waals surface area contributed by atoms with E-state index >= 15 is 0 Å². The monoisotopic (exact) mass is 352 g/mol. The smallest absolute Gasteiger partial charge is 0.275 e. The average Bonchev–Trinajstić information content (AvgIpc) is 2.51. The van der Waals surface area contributed by atoms with E-state index < -0.39 is 5.91 Å². The van der Waals surface area contributed by atoms with Crippen molar-refractivity contribution in [2.24, 2.45) is 5.92 Å². The summed E-state index contributed by atoms with van der Waals surface area (Å²) in [7, 11) is 0. The maximum absolute atomic E-state index is 12.2. The number of hydrogen-bond donors (Lipinski definition) is 2. The lowest BCUT2D eigenvalue weighted by Crippen LogP contribution is -2.15. The van der Waals surface area contributed by atoms with Crippen LogP contribution >= 0.6 is 23.2 Å². The molecule has 2 N–H and O–H groups in total. The van der Waals surface area contributed by atoms with Crippen LogP contribution < -0.4 is 10.6 Å². The molecule has 2 aromatic rings. The second-order valence-electron chi connectivity index (χ2n) is 5.47. The van der Waals surface area contributed by atoms with Crippen molar-refractivity contribution in [2.75, 3.05) is 17.2 Å². The van der Waals surface area contributed by atoms with E-state index in [0.717, 1.165) is 13.0 Å². The molecule has 0 radical (unpaired) electrons. The maximum atomic E-state index is 12.2. The molecule has 0 aliphatic heterocycles. The van der Waals surface area contributed by atoms with Crippen molar-refractivity contribution in [3.63, 3.8) is 0 Å². The largest absolute Gasteiger partial charge is 0.369 e. The topological polar surface area (TPSA) is 66.9 Å². The number of hydrogen-bond acceptors (Lipinski definition) is 4. The zero-order chi connectivity index (χ0) is 16.8. The van der Waals surface area contributed by atoms with Crippen molar-refractivity contribution >= 4 is 40.6 Å². The Kier molecular flexibility index (Phi) is 6.19. The van der Waals surface area contributed by atoms with Gasteiger partial charge in [-0.2, -0.15) is 0 Å². The summed E-state index contributed by atoms with van der Waals surface area (Å²) in [6.45, 7) is 5.12. The molecule has 5 nitrogen and oxygen atoms in total. The van der Waals surface area contributed by atoms with E-state index in [2.05, 4.69) is 34.4 Å². The number of nitrogens with one attached hydrogen (secondary N) is 2. The highest BCUT2D eigenvalue weighted by Crippen LogP contribution is 2.25. The highest BCUT2D eigenvalue weighted by Gasteiger charge is 2.11. The van der Waals surface area contributed by atoms with Crippen molar-refractivity contribution in [3.8, 4) is 0 Å². The van der Waals surface area contributed by atoms with Gasteiger partial charge in [0, 0.05) is 11.6 Å². The molecule has 0 aliphatic carbocycles. The molecule has 0 atom stereocenters. The van der Waals surface area contributed by atoms with E-state index in [4.69, 9.17) is 23.2 Å². The summed E-state index contributed by atoms with van der Waals surface area (Å²) in [5.41, 5.74) is 0.639. The Bertz CT molecular complexity index is 674. The molecule has 1 heterocycles. The van der Waals surface area contributed by atoms with Crippen LogP contribution in [0.3, 0.4) is 0 Å². The first kappa shape index (κ1) is 17.5. The van der Waals surface area contributed by atoms with Gasteiger partial charge in [0.1, 0.15) is 11.5 Å². The van der Waals surface area contributed by atoms with E-state index in [1.807, 2.05) is 0 Å². The summed E-state index contributed by atoms with van der Waals surface area (Å²) in [5.74, 6) is 0.862. The second-order valence-corrected chi connectivity index (χ2v) is 6.32. The third-order valence-electron chi connectivity index (χ3n) is 3.09. The van der Waals surface area contributed by atoms with Crippen molar-refractivity contribution < 1.29 is 4.79 Å². The van der Waals surface area contributed by atoms with E-state index in [1.165, 1.54) is 12.4 Å². The molecule has 0 aliphatic rings. The summed E-state index contributed by atoms with van der Waals surface area (Å²) in [6, 6.07) is 4.85. The van der Waals surface area contributed by atoms with Gasteiger partial charge >= 0.3 is 0 Å². The number of nitrogens with zero attached hydrogens (tertiary/aromatic N) is 2. The Morgan fingerprint density at radius 2 is 2.00 bits per heavy atom. The zero-order valence-corrected chi connectivity index (χ0v) is 14.4. The van der Waals surface area contributed by atoms with Gasteiger partial charge in [-0.25, -0.2) is 9.97 Å². The van der Waals surface area contributed by atoms with Gasteiger partial charge < -0.3 is 10.6 Å². The SMILES string of the molecule is CC(C)CCNc1cnc(C(=O)Nc2cc(Cl)ccc2Cl)cn1. The number of aromatic nitrogens is 2. The lowest BCUT2D eigenvalue weighted by atomic mass is 10.1. The third-order valence-corrected chi connectivity index (χ3v) is 3.65. The lowest BCUT2D eigenvalue weighted by Gasteiger charge is -2.09. The fourth-order valence-electron chi connectivity index (χ4n) is 1.81. The van der Waals surface area contributed by atoms with Crippen LogP contribution in [0.2, 0.25) is 10.0 Å². The second kappa shape index (κ2) is 8.13. The van der Waals surface area contributed by atoms with Crippen LogP contribution in [0.15, 0.2) is 30.6 Å². The Hall–Kier alpha value is -1.85. The summed E-state index contributed by atoms with van der Waals surface area (Å²) < 4.78 is 0. The molecule has 2 rings (SSSR count). The first-order valence-electron chi connectivity index (χ1n) is 7.28. The number of amides is 1. The minimum Gasteiger partial charge on any atom is -0.369 e. The van der Waals surface area contributed by atoms with Gasteiger partial charge in [-0.1, -0.05) is 37.0 Å². The van der Waals surface area contributed by atoms with Gasteiger partial charge in [-0.05, 0) is 30.5 Å². The zero-order valence-electron chi connectivity index (χ0n) is 12.9. The van der Waals surface area contributed by atoms with Crippen LogP contribution in [-0.2, 0) is 0 Å². The third kappa shape index (κ3) is 5.37. The maximum Gasteiger partial charge on any atom is 0.275 e. The molecule has 0 fully saturated rings. The molecule has 122 valence electrons. The number of rotatable bonds is 6. The highest BCUT2D eigenvalue weighted by molar-refractivity contribution is 6.35. The Labute approximate surface area is 145 Å². The van der Waals surface area contributed by atoms with Crippen LogP contribution in [-0.4, -0.2) is 22.4 Å². The van der Waals surface area contributed by atoms with Crippen LogP contribution in [0.5, 0.6) is 0 Å². The van der Waals surface area contributed by atoms with Gasteiger partial charge in [0.15, 0.2) is 0 Å². The van der Waals surface area contributed by atoms with Gasteiger partial charge in [0.25, 0.3) is 5.91 Å². The van der Waals surface area contributed by atoms with E-state index in [9.17, 15) is 4.79 Å². The first-order chi connectivity index (χ1) is 11.0. The molecule has 0 saturated heterocycles. The Morgan fingerprint density at radius 1 is 1.22 bits per heavy atom. The number of carbonyl (C=O) groups is 1. The molecular weight excluding hydrogens is 335 g/mol. The molecule has 1 amide bonds. The van der Waals surface area contributed by atoms with Crippen LogP contribution in [0.1, 0.15) is 30.8 Å². The normalized spacial score (nSPS) is 10.7. The van der Waals surface area contributed by atoms with E-state index in [0.29, 0.717) is 27.5 Å². The minimum atomic E-state index is -0.393. The summed E-state index contributed by atoms with van der Waals surface area (Å²) in [4.78, 5) is 20.5. The molecule has 1 aromatic carbocycles. The average molecular weight is 353 g/mol. The number of carbonyl (C=O) groups excluding carboxylic acids is 1. The molecule has 23 heavy (non-hydrogen) atoms. The van der Waals surface area contributed by atoms with Gasteiger partial charge in [0.2, 0.25) is 0 Å². The molecule has 1 aromatic heterocycles. The number of anilines is 2. The van der Waals surface area contributed by atoms with Crippen LogP contribution in [0.4, 0.5) is 11.5 Å². The number of benzene rings is 1. The Morgan fingerprint density at radius 3 is 2.65 bits per heavy atom. The molecule has 0 spiro atoms. The quantitative estimate of drug-likeness (QED) is 0.803. The molecular formula is C16H18Cl2N4O. The van der Waals surface area contributed by atoms with Gasteiger partial charge in [-0.15, -0.1) is 0 Å². The first-order valence-corrected chi connectivity index (χ1v) is 8.03. The lowest BCUT2D eigenvalue weighted by molar-refractivity contribution is 0.102. The predicted octanol–water partition coefficient (Wildman–Crippen LogP) is 4.49. The standard InChI is InChI=1S/C16H18Cl2N4O/c1-10(2)5-6-19-15-9-20-14(8-21-15)16(23)22-13-7-11(17)3-4-12(13)18/h3-4,7-10H,5-6H2,1-2H3,(H,19,21)(H,22,23). The molecule has 0 bridgehead atoms. The predicted molar refractivity (Wildman–Crippen MR) is 94.4 cm³/mol. The van der Waals surface area contributed by atoms with E-state index in [1.54, 1.807) is 18.2 Å². The Balaban J connectivity index is 1.98. The number of halogens is 2. The van der Waals surface area contributed by atoms with Crippen LogP contribution in [0.25, 0.3) is 0 Å². The summed E-state index contributed by atoms with van der Waals surface area (Å²) >= 11 is 11.9.